The van der Waals surface area contributed by atoms with Gasteiger partial charge in [0.25, 0.3) is 0 Å². The molecule has 0 amide bonds. The Hall–Kier alpha value is -1.32. The fraction of sp³-hybridized carbons (Fsp3) is 0.692. The molecule has 4 nitrogen and oxygen atoms in total. The lowest BCUT2D eigenvalue weighted by Gasteiger charge is -2.13. The molecule has 2 rings (SSSR count). The first-order valence-corrected chi connectivity index (χ1v) is 6.50. The minimum atomic E-state index is 0.434. The molecule has 0 bridgehead atoms. The van der Waals surface area contributed by atoms with Gasteiger partial charge < -0.3 is 10.1 Å². The van der Waals surface area contributed by atoms with Crippen molar-refractivity contribution in [2.45, 2.75) is 45.6 Å². The van der Waals surface area contributed by atoms with Crippen LogP contribution in [0.1, 0.15) is 39.5 Å². The van der Waals surface area contributed by atoms with E-state index in [0.717, 1.165) is 12.3 Å². The molecule has 1 heterocycles. The van der Waals surface area contributed by atoms with Crippen LogP contribution in [0.3, 0.4) is 0 Å². The summed E-state index contributed by atoms with van der Waals surface area (Å²) in [5, 5.41) is 3.33. The monoisotopic (exact) mass is 235 g/mol. The predicted octanol–water partition coefficient (Wildman–Crippen LogP) is 2.87. The Bertz CT molecular complexity index is 352. The van der Waals surface area contributed by atoms with Crippen molar-refractivity contribution in [3.8, 4) is 5.88 Å². The van der Waals surface area contributed by atoms with Gasteiger partial charge in [-0.3, -0.25) is 0 Å². The number of hydrogen-bond donors (Lipinski definition) is 1. The average molecular weight is 235 g/mol. The van der Waals surface area contributed by atoms with Crippen LogP contribution in [0.25, 0.3) is 0 Å². The summed E-state index contributed by atoms with van der Waals surface area (Å²) in [7, 11) is 0. The fourth-order valence-electron chi connectivity index (χ4n) is 1.83. The fourth-order valence-corrected chi connectivity index (χ4v) is 1.83. The van der Waals surface area contributed by atoms with Gasteiger partial charge in [-0.2, -0.15) is 4.98 Å². The summed E-state index contributed by atoms with van der Waals surface area (Å²) in [4.78, 5) is 8.55. The Kier molecular flexibility index (Phi) is 4.18. The van der Waals surface area contributed by atoms with E-state index in [1.165, 1.54) is 19.3 Å². The first-order chi connectivity index (χ1) is 8.28. The largest absolute Gasteiger partial charge is 0.478 e. The van der Waals surface area contributed by atoms with E-state index in [2.05, 4.69) is 29.1 Å². The molecule has 1 N–H and O–H groups in total. The van der Waals surface area contributed by atoms with Crippen LogP contribution in [0.15, 0.2) is 12.3 Å². The zero-order chi connectivity index (χ0) is 12.1. The van der Waals surface area contributed by atoms with E-state index in [4.69, 9.17) is 4.74 Å². The maximum Gasteiger partial charge on any atom is 0.226 e. The summed E-state index contributed by atoms with van der Waals surface area (Å²) >= 11 is 0. The van der Waals surface area contributed by atoms with Gasteiger partial charge in [-0.25, -0.2) is 4.98 Å². The van der Waals surface area contributed by atoms with E-state index >= 15 is 0 Å². The van der Waals surface area contributed by atoms with Crippen LogP contribution in [0.4, 0.5) is 5.95 Å². The van der Waals surface area contributed by atoms with Crippen molar-refractivity contribution in [2.24, 2.45) is 5.92 Å². The molecule has 1 aliphatic carbocycles. The minimum Gasteiger partial charge on any atom is -0.478 e. The van der Waals surface area contributed by atoms with Crippen molar-refractivity contribution in [1.82, 2.24) is 9.97 Å². The van der Waals surface area contributed by atoms with Crippen molar-refractivity contribution in [2.75, 3.05) is 11.9 Å². The highest BCUT2D eigenvalue weighted by atomic mass is 16.5. The summed E-state index contributed by atoms with van der Waals surface area (Å²) in [6, 6.07) is 2.23. The van der Waals surface area contributed by atoms with Gasteiger partial charge in [0, 0.05) is 18.3 Å². The zero-order valence-corrected chi connectivity index (χ0v) is 10.6. The molecule has 0 radical (unpaired) electrons. The Morgan fingerprint density at radius 1 is 1.53 bits per heavy atom. The molecular formula is C13H21N3O. The molecule has 0 aliphatic heterocycles. The molecule has 1 saturated carbocycles. The lowest BCUT2D eigenvalue weighted by molar-refractivity contribution is 0.305. The van der Waals surface area contributed by atoms with E-state index in [-0.39, 0.29) is 0 Å². The Labute approximate surface area is 103 Å². The van der Waals surface area contributed by atoms with E-state index in [1.807, 2.05) is 0 Å². The highest BCUT2D eigenvalue weighted by molar-refractivity contribution is 5.28. The first kappa shape index (κ1) is 12.1. The molecule has 0 saturated heterocycles. The average Bonchev–Trinajstić information content (AvgIpc) is 3.10. The third kappa shape index (κ3) is 4.21. The summed E-state index contributed by atoms with van der Waals surface area (Å²) in [6.45, 7) is 4.97. The van der Waals surface area contributed by atoms with Crippen molar-refractivity contribution in [3.63, 3.8) is 0 Å². The van der Waals surface area contributed by atoms with E-state index in [1.54, 1.807) is 12.3 Å². The molecule has 4 heteroatoms. The van der Waals surface area contributed by atoms with Gasteiger partial charge in [0.15, 0.2) is 0 Å². The van der Waals surface area contributed by atoms with Crippen LogP contribution in [0.5, 0.6) is 5.88 Å². The number of anilines is 1. The maximum atomic E-state index is 5.48. The number of nitrogens with one attached hydrogen (secondary N) is 1. The third-order valence-electron chi connectivity index (χ3n) is 2.84. The summed E-state index contributed by atoms with van der Waals surface area (Å²) in [5.74, 6) is 2.24. The van der Waals surface area contributed by atoms with Gasteiger partial charge >= 0.3 is 0 Å². The Morgan fingerprint density at radius 3 is 3.06 bits per heavy atom. The smallest absolute Gasteiger partial charge is 0.226 e. The second-order valence-electron chi connectivity index (χ2n) is 4.79. The summed E-state index contributed by atoms with van der Waals surface area (Å²) in [5.41, 5.74) is 0. The molecule has 0 aromatic carbocycles. The summed E-state index contributed by atoms with van der Waals surface area (Å²) < 4.78 is 5.48. The number of aromatic nitrogens is 2. The molecule has 0 spiro atoms. The molecular weight excluding hydrogens is 214 g/mol. The van der Waals surface area contributed by atoms with Crippen molar-refractivity contribution < 1.29 is 4.74 Å². The number of ether oxygens (including phenoxy) is 1. The molecule has 1 unspecified atom stereocenters. The van der Waals surface area contributed by atoms with Gasteiger partial charge in [-0.05, 0) is 25.7 Å². The van der Waals surface area contributed by atoms with Gasteiger partial charge in [0.2, 0.25) is 11.8 Å². The maximum absolute atomic E-state index is 5.48. The van der Waals surface area contributed by atoms with Gasteiger partial charge in [0.1, 0.15) is 0 Å². The highest BCUT2D eigenvalue weighted by Crippen LogP contribution is 2.33. The van der Waals surface area contributed by atoms with Crippen LogP contribution in [-0.2, 0) is 0 Å². The number of rotatable bonds is 7. The zero-order valence-electron chi connectivity index (χ0n) is 10.6. The third-order valence-corrected chi connectivity index (χ3v) is 2.84. The second kappa shape index (κ2) is 5.84. The second-order valence-corrected chi connectivity index (χ2v) is 4.79. The molecule has 1 aromatic rings. The van der Waals surface area contributed by atoms with Crippen LogP contribution in [0, 0.1) is 5.92 Å². The Morgan fingerprint density at radius 2 is 2.35 bits per heavy atom. The van der Waals surface area contributed by atoms with Gasteiger partial charge in [-0.1, -0.05) is 19.8 Å². The molecule has 94 valence electrons. The lowest BCUT2D eigenvalue weighted by atomic mass is 10.2. The molecule has 17 heavy (non-hydrogen) atoms. The normalized spacial score (nSPS) is 16.6. The SMILES string of the molecule is CCCOc1ccnc(NC(C)CC2CC2)n1. The molecule has 1 aliphatic rings. The van der Waals surface area contributed by atoms with E-state index in [0.29, 0.717) is 24.5 Å². The Balaban J connectivity index is 1.85. The quantitative estimate of drug-likeness (QED) is 0.789. The highest BCUT2D eigenvalue weighted by Gasteiger charge is 2.23. The van der Waals surface area contributed by atoms with Crippen LogP contribution in [0.2, 0.25) is 0 Å². The first-order valence-electron chi connectivity index (χ1n) is 6.50. The van der Waals surface area contributed by atoms with Gasteiger partial charge in [-0.15, -0.1) is 0 Å². The molecule has 1 atom stereocenters. The topological polar surface area (TPSA) is 47.0 Å². The lowest BCUT2D eigenvalue weighted by Crippen LogP contribution is -2.17. The minimum absolute atomic E-state index is 0.434. The predicted molar refractivity (Wildman–Crippen MR) is 68.2 cm³/mol. The summed E-state index contributed by atoms with van der Waals surface area (Å²) in [6.07, 6.45) is 6.71. The van der Waals surface area contributed by atoms with E-state index < -0.39 is 0 Å². The van der Waals surface area contributed by atoms with E-state index in [9.17, 15) is 0 Å². The van der Waals surface area contributed by atoms with Crippen LogP contribution >= 0.6 is 0 Å². The van der Waals surface area contributed by atoms with Crippen LogP contribution in [-0.4, -0.2) is 22.6 Å². The van der Waals surface area contributed by atoms with Crippen molar-refractivity contribution in [3.05, 3.63) is 12.3 Å². The number of hydrogen-bond acceptors (Lipinski definition) is 4. The molecule has 1 aromatic heterocycles. The number of nitrogens with zero attached hydrogens (tertiary/aromatic N) is 2. The standard InChI is InChI=1S/C13H21N3O/c1-3-8-17-12-6-7-14-13(16-12)15-10(2)9-11-4-5-11/h6-7,10-11H,3-5,8-9H2,1-2H3,(H,14,15,16). The van der Waals surface area contributed by atoms with Crippen molar-refractivity contribution in [1.29, 1.82) is 0 Å². The van der Waals surface area contributed by atoms with Crippen LogP contribution < -0.4 is 10.1 Å². The molecule has 1 fully saturated rings. The van der Waals surface area contributed by atoms with Crippen molar-refractivity contribution >= 4 is 5.95 Å². The van der Waals surface area contributed by atoms with Gasteiger partial charge in [0.05, 0.1) is 6.61 Å².